The predicted octanol–water partition coefficient (Wildman–Crippen LogP) is 3.59. The van der Waals surface area contributed by atoms with Gasteiger partial charge in [-0.15, -0.1) is 0 Å². The first-order valence-corrected chi connectivity index (χ1v) is 23.1. The van der Waals surface area contributed by atoms with E-state index in [1.807, 2.05) is 6.92 Å². The highest BCUT2D eigenvalue weighted by molar-refractivity contribution is 7.51. The number of rotatable bonds is 15. The summed E-state index contributed by atoms with van der Waals surface area (Å²) in [5.41, 5.74) is -3.35. The van der Waals surface area contributed by atoms with E-state index in [4.69, 9.17) is 18.8 Å². The predicted molar refractivity (Wildman–Crippen MR) is 220 cm³/mol. The molecule has 3 amide bonds. The van der Waals surface area contributed by atoms with Crippen LogP contribution in [0.3, 0.4) is 0 Å². The molecular formula is C40H47F2N5O15P2. The topological polar surface area (TPSA) is 282 Å². The molecule has 0 aliphatic carbocycles. The molecule has 2 bridgehead atoms. The molecule has 2 aromatic carbocycles. The van der Waals surface area contributed by atoms with Gasteiger partial charge in [-0.25, -0.2) is 13.3 Å². The lowest BCUT2D eigenvalue weighted by atomic mass is 9.77. The first-order valence-electron chi connectivity index (χ1n) is 19.8. The normalized spacial score (nSPS) is 19.6. The maximum absolute atomic E-state index is 14.5. The van der Waals surface area contributed by atoms with Crippen LogP contribution in [0.4, 0.5) is 8.78 Å². The molecule has 6 rings (SSSR count). The SMILES string of the molecule is CC1=NO[C@@]2(CC[C@H](C)N3C[C@H]2n2cc(C(=O)NCc4ccc(F)cc4F)c(=O)c(OCOC(=O)CC(C)(C)c4c(CC(=O)NCP(=O)(O)O)cc(C)cc4OP(=O)(O)O)c2C3=O)C1. The van der Waals surface area contributed by atoms with E-state index in [-0.39, 0.29) is 35.0 Å². The van der Waals surface area contributed by atoms with Crippen LogP contribution < -0.4 is 25.3 Å². The molecule has 1 saturated heterocycles. The van der Waals surface area contributed by atoms with Gasteiger partial charge in [-0.1, -0.05) is 31.1 Å². The molecule has 24 heteroatoms. The number of amides is 3. The fraction of sp³-hybridized carbons (Fsp3) is 0.450. The number of oxime groups is 1. The van der Waals surface area contributed by atoms with E-state index in [0.717, 1.165) is 12.1 Å². The van der Waals surface area contributed by atoms with E-state index < -0.39 is 123 Å². The van der Waals surface area contributed by atoms with Gasteiger partial charge in [-0.05, 0) is 56.9 Å². The molecule has 3 aliphatic heterocycles. The third-order valence-corrected chi connectivity index (χ3v) is 12.2. The minimum absolute atomic E-state index is 0.0317. The van der Waals surface area contributed by atoms with Gasteiger partial charge in [0.25, 0.3) is 11.8 Å². The Bertz CT molecular complexity index is 2590. The maximum atomic E-state index is 14.5. The van der Waals surface area contributed by atoms with Crippen molar-refractivity contribution in [1.29, 1.82) is 0 Å². The van der Waals surface area contributed by atoms with Crippen molar-refractivity contribution in [2.75, 3.05) is 19.6 Å². The molecule has 64 heavy (non-hydrogen) atoms. The number of aromatic nitrogens is 1. The Kier molecular flexibility index (Phi) is 13.6. The highest BCUT2D eigenvalue weighted by Gasteiger charge is 2.54. The van der Waals surface area contributed by atoms with Gasteiger partial charge >= 0.3 is 21.4 Å². The van der Waals surface area contributed by atoms with E-state index >= 15 is 0 Å². The zero-order valence-corrected chi connectivity index (χ0v) is 37.0. The lowest BCUT2D eigenvalue weighted by molar-refractivity contribution is -0.151. The lowest BCUT2D eigenvalue weighted by Gasteiger charge is -2.42. The number of carbonyl (C=O) groups is 4. The Morgan fingerprint density at radius 2 is 1.77 bits per heavy atom. The quantitative estimate of drug-likeness (QED) is 0.0722. The molecule has 3 aromatic rings. The number of ether oxygens (including phenoxy) is 2. The van der Waals surface area contributed by atoms with Crippen LogP contribution in [0.25, 0.3) is 0 Å². The average molecular weight is 938 g/mol. The van der Waals surface area contributed by atoms with E-state index in [2.05, 4.69) is 15.8 Å². The van der Waals surface area contributed by atoms with Gasteiger partial charge in [0.05, 0.1) is 24.6 Å². The van der Waals surface area contributed by atoms with Crippen molar-refractivity contribution in [2.24, 2.45) is 5.16 Å². The number of esters is 1. The molecule has 346 valence electrons. The molecule has 0 saturated carbocycles. The third-order valence-electron chi connectivity index (χ3n) is 11.2. The smallest absolute Gasteiger partial charge is 0.451 e. The average Bonchev–Trinajstić information content (AvgIpc) is 3.50. The minimum atomic E-state index is -5.24. The van der Waals surface area contributed by atoms with E-state index in [9.17, 15) is 61.5 Å². The van der Waals surface area contributed by atoms with Crippen LogP contribution in [0.15, 0.2) is 46.5 Å². The number of aryl methyl sites for hydroxylation is 1. The van der Waals surface area contributed by atoms with Crippen LogP contribution >= 0.6 is 15.4 Å². The van der Waals surface area contributed by atoms with Gasteiger partial charge in [-0.2, -0.15) is 0 Å². The van der Waals surface area contributed by atoms with Crippen LogP contribution in [-0.4, -0.2) is 89.7 Å². The lowest BCUT2D eigenvalue weighted by Crippen LogP contribution is -2.52. The largest absolute Gasteiger partial charge is 0.524 e. The van der Waals surface area contributed by atoms with Crippen molar-refractivity contribution in [3.05, 3.63) is 91.9 Å². The Labute approximate surface area is 364 Å². The summed E-state index contributed by atoms with van der Waals surface area (Å²) in [7, 11) is -9.89. The molecule has 20 nitrogen and oxygen atoms in total. The maximum Gasteiger partial charge on any atom is 0.524 e. The van der Waals surface area contributed by atoms with Gasteiger partial charge in [0, 0.05) is 54.4 Å². The molecule has 3 aliphatic rings. The number of phosphoric ester groups is 1. The number of nitrogens with zero attached hydrogens (tertiary/aromatic N) is 3. The summed E-state index contributed by atoms with van der Waals surface area (Å²) in [5.74, 6) is -6.37. The second-order valence-electron chi connectivity index (χ2n) is 16.7. The standard InChI is InChI=1S/C40H47F2N5O15P2/c1-21-10-25(12-31(48)44-19-63(53,54)55)33(29(11-21)61-64(56,57)58)39(4,5)15-32(49)59-20-60-36-34-38(52)46-18-30(40(9-8-23(46)3)14-22(2)45-62-40)47(34)17-27(35(36)50)37(51)43-16-24-6-7-26(41)13-28(24)42/h6-7,10-11,13,17,23,30H,8-9,12,14-16,18-20H2,1-5H3,(H,43,51)(H,44,48)(H2,53,54,55)(H2,56,57,58)/t23-,30+,40-/m0/s1. The van der Waals surface area contributed by atoms with Crippen LogP contribution in [0.1, 0.15) is 103 Å². The molecule has 1 spiro atoms. The van der Waals surface area contributed by atoms with Gasteiger partial charge in [0.1, 0.15) is 29.2 Å². The summed E-state index contributed by atoms with van der Waals surface area (Å²) < 4.78 is 69.1. The fourth-order valence-electron chi connectivity index (χ4n) is 8.36. The summed E-state index contributed by atoms with van der Waals surface area (Å²) in [6.45, 7) is 6.71. The summed E-state index contributed by atoms with van der Waals surface area (Å²) in [5, 5.41) is 8.73. The van der Waals surface area contributed by atoms with Crippen molar-refractivity contribution in [3.8, 4) is 11.5 Å². The van der Waals surface area contributed by atoms with Gasteiger partial charge in [-0.3, -0.25) is 38.3 Å². The van der Waals surface area contributed by atoms with E-state index in [1.165, 1.54) is 43.7 Å². The van der Waals surface area contributed by atoms with Crippen molar-refractivity contribution >= 4 is 44.8 Å². The van der Waals surface area contributed by atoms with Crippen LogP contribution in [0.2, 0.25) is 0 Å². The summed E-state index contributed by atoms with van der Waals surface area (Å²) >= 11 is 0. The number of hydrogen-bond acceptors (Lipinski definition) is 12. The molecule has 6 N–H and O–H groups in total. The van der Waals surface area contributed by atoms with Gasteiger partial charge in [0.15, 0.2) is 11.3 Å². The monoisotopic (exact) mass is 937 g/mol. The highest BCUT2D eigenvalue weighted by atomic mass is 31.2. The number of carbonyl (C=O) groups excluding carboxylic acids is 4. The summed E-state index contributed by atoms with van der Waals surface area (Å²) in [6, 6.07) is 4.41. The minimum Gasteiger partial charge on any atom is -0.451 e. The molecule has 3 atom stereocenters. The summed E-state index contributed by atoms with van der Waals surface area (Å²) in [4.78, 5) is 114. The molecule has 0 radical (unpaired) electrons. The van der Waals surface area contributed by atoms with Crippen LogP contribution in [0.5, 0.6) is 11.5 Å². The third kappa shape index (κ3) is 10.7. The zero-order chi connectivity index (χ0) is 47.1. The zero-order valence-electron chi connectivity index (χ0n) is 35.3. The van der Waals surface area contributed by atoms with E-state index in [0.29, 0.717) is 36.6 Å². The second-order valence-corrected chi connectivity index (χ2v) is 19.5. The first-order chi connectivity index (χ1) is 29.8. The van der Waals surface area contributed by atoms with E-state index in [1.54, 1.807) is 11.8 Å². The van der Waals surface area contributed by atoms with Crippen LogP contribution in [0, 0.1) is 18.6 Å². The molecular weight excluding hydrogens is 890 g/mol. The Hall–Kier alpha value is -5.50. The number of nitrogens with one attached hydrogen (secondary N) is 2. The highest BCUT2D eigenvalue weighted by Crippen LogP contribution is 2.48. The molecule has 0 unspecified atom stereocenters. The second kappa shape index (κ2) is 18.2. The number of fused-ring (bicyclic) bond motifs is 5. The fourth-order valence-corrected chi connectivity index (χ4v) is 9.14. The Morgan fingerprint density at radius 1 is 1.05 bits per heavy atom. The van der Waals surface area contributed by atoms with Crippen molar-refractivity contribution in [3.63, 3.8) is 0 Å². The molecule has 1 aromatic heterocycles. The molecule has 1 fully saturated rings. The van der Waals surface area contributed by atoms with Crippen molar-refractivity contribution in [1.82, 2.24) is 20.1 Å². The Morgan fingerprint density at radius 3 is 2.41 bits per heavy atom. The number of pyridine rings is 1. The number of benzene rings is 2. The van der Waals surface area contributed by atoms with Gasteiger partial charge in [0.2, 0.25) is 23.9 Å². The number of hydrogen-bond donors (Lipinski definition) is 6. The van der Waals surface area contributed by atoms with Crippen molar-refractivity contribution in [2.45, 2.75) is 96.4 Å². The van der Waals surface area contributed by atoms with Gasteiger partial charge < -0.3 is 48.7 Å². The Balaban J connectivity index is 1.32. The first kappa shape index (κ1) is 48.0. The number of phosphoric acid groups is 1. The molecule has 4 heterocycles. The number of halogens is 2. The summed E-state index contributed by atoms with van der Waals surface area (Å²) in [6.07, 6.45) is 0.339. The van der Waals surface area contributed by atoms with Crippen LogP contribution in [-0.2, 0) is 46.7 Å². The van der Waals surface area contributed by atoms with Crippen molar-refractivity contribution < 1.29 is 75.5 Å².